The van der Waals surface area contributed by atoms with Crippen LogP contribution < -0.4 is 15.4 Å². The monoisotopic (exact) mass is 372 g/mol. The molecule has 0 bridgehead atoms. The fourth-order valence-electron chi connectivity index (χ4n) is 2.16. The number of ether oxygens (including phenoxy) is 1. The number of nitrogens with one attached hydrogen (secondary N) is 2. The summed E-state index contributed by atoms with van der Waals surface area (Å²) in [5.41, 5.74) is 1.35. The summed E-state index contributed by atoms with van der Waals surface area (Å²) >= 11 is 5.73. The lowest BCUT2D eigenvalue weighted by molar-refractivity contribution is 0.102. The maximum Gasteiger partial charge on any atom is 0.258 e. The summed E-state index contributed by atoms with van der Waals surface area (Å²) in [4.78, 5) is 20.5. The van der Waals surface area contributed by atoms with Crippen LogP contribution in [-0.4, -0.2) is 23.0 Å². The molecule has 0 saturated carbocycles. The third kappa shape index (κ3) is 4.07. The first-order valence-electron chi connectivity index (χ1n) is 7.55. The van der Waals surface area contributed by atoms with E-state index in [0.29, 0.717) is 17.1 Å². The largest absolute Gasteiger partial charge is 0.495 e. The fraction of sp³-hybridized carbons (Fsp3) is 0.0556. The molecule has 0 radical (unpaired) electrons. The van der Waals surface area contributed by atoms with E-state index in [9.17, 15) is 9.18 Å². The zero-order chi connectivity index (χ0) is 18.5. The number of para-hydroxylation sites is 2. The van der Waals surface area contributed by atoms with E-state index in [-0.39, 0.29) is 22.4 Å². The van der Waals surface area contributed by atoms with Gasteiger partial charge in [-0.1, -0.05) is 23.7 Å². The van der Waals surface area contributed by atoms with Crippen LogP contribution in [0.15, 0.2) is 54.9 Å². The quantitative estimate of drug-likeness (QED) is 0.699. The molecule has 0 aliphatic carbocycles. The van der Waals surface area contributed by atoms with E-state index in [1.54, 1.807) is 24.3 Å². The molecule has 8 heteroatoms. The Bertz CT molecular complexity index is 935. The molecule has 0 aliphatic rings. The molecule has 6 nitrogen and oxygen atoms in total. The van der Waals surface area contributed by atoms with Crippen molar-refractivity contribution in [2.75, 3.05) is 17.7 Å². The molecule has 1 heterocycles. The van der Waals surface area contributed by atoms with E-state index in [2.05, 4.69) is 20.6 Å². The Hall–Kier alpha value is -3.19. The van der Waals surface area contributed by atoms with Gasteiger partial charge in [-0.05, 0) is 30.3 Å². The van der Waals surface area contributed by atoms with Crippen LogP contribution in [0.25, 0.3) is 0 Å². The zero-order valence-electron chi connectivity index (χ0n) is 13.7. The van der Waals surface area contributed by atoms with Crippen LogP contribution in [0.2, 0.25) is 5.02 Å². The number of rotatable bonds is 5. The minimum absolute atomic E-state index is 0.0113. The summed E-state index contributed by atoms with van der Waals surface area (Å²) in [6.07, 6.45) is 2.76. The van der Waals surface area contributed by atoms with Crippen LogP contribution >= 0.6 is 11.6 Å². The van der Waals surface area contributed by atoms with E-state index in [1.807, 2.05) is 0 Å². The second-order valence-corrected chi connectivity index (χ2v) is 5.61. The molecule has 2 N–H and O–H groups in total. The van der Waals surface area contributed by atoms with E-state index in [0.717, 1.165) is 0 Å². The number of amides is 1. The number of carbonyl (C=O) groups is 1. The standard InChI is InChI=1S/C18H14ClFN4O2/c1-26-16-5-3-2-4-15(16)24-17(25)11-9-21-18(22-10-11)23-12-6-7-14(20)13(19)8-12/h2-10H,1H3,(H,24,25)(H,21,22,23). The average molecular weight is 373 g/mol. The van der Waals surface area contributed by atoms with Gasteiger partial charge in [-0.15, -0.1) is 0 Å². The summed E-state index contributed by atoms with van der Waals surface area (Å²) in [7, 11) is 1.52. The highest BCUT2D eigenvalue weighted by Gasteiger charge is 2.11. The lowest BCUT2D eigenvalue weighted by Crippen LogP contribution is -2.13. The lowest BCUT2D eigenvalue weighted by Gasteiger charge is -2.10. The number of benzene rings is 2. The number of hydrogen-bond donors (Lipinski definition) is 2. The van der Waals surface area contributed by atoms with Crippen molar-refractivity contribution in [3.8, 4) is 5.75 Å². The van der Waals surface area contributed by atoms with Gasteiger partial charge in [0.25, 0.3) is 5.91 Å². The van der Waals surface area contributed by atoms with Gasteiger partial charge in [0.15, 0.2) is 0 Å². The summed E-state index contributed by atoms with van der Waals surface area (Å²) in [5.74, 6) is -0.0814. The molecule has 3 aromatic rings. The molecule has 0 unspecified atom stereocenters. The normalized spacial score (nSPS) is 10.3. The van der Waals surface area contributed by atoms with Gasteiger partial charge in [-0.2, -0.15) is 0 Å². The van der Waals surface area contributed by atoms with Crippen molar-refractivity contribution in [2.24, 2.45) is 0 Å². The van der Waals surface area contributed by atoms with E-state index in [1.165, 1.54) is 37.7 Å². The molecule has 0 aliphatic heterocycles. The van der Waals surface area contributed by atoms with E-state index >= 15 is 0 Å². The number of carbonyl (C=O) groups excluding carboxylic acids is 1. The van der Waals surface area contributed by atoms with Crippen LogP contribution in [0.3, 0.4) is 0 Å². The van der Waals surface area contributed by atoms with Crippen LogP contribution in [0, 0.1) is 5.82 Å². The maximum absolute atomic E-state index is 13.2. The van der Waals surface area contributed by atoms with Crippen LogP contribution in [0.4, 0.5) is 21.7 Å². The molecular weight excluding hydrogens is 359 g/mol. The van der Waals surface area contributed by atoms with Gasteiger partial charge in [-0.25, -0.2) is 14.4 Å². The fourth-order valence-corrected chi connectivity index (χ4v) is 2.34. The number of methoxy groups -OCH3 is 1. The first-order chi connectivity index (χ1) is 12.6. The summed E-state index contributed by atoms with van der Waals surface area (Å²) < 4.78 is 18.4. The van der Waals surface area contributed by atoms with Crippen molar-refractivity contribution in [3.63, 3.8) is 0 Å². The maximum atomic E-state index is 13.2. The molecule has 3 rings (SSSR count). The highest BCUT2D eigenvalue weighted by molar-refractivity contribution is 6.31. The Morgan fingerprint density at radius 3 is 2.58 bits per heavy atom. The van der Waals surface area contributed by atoms with Gasteiger partial charge < -0.3 is 15.4 Å². The molecule has 2 aromatic carbocycles. The Morgan fingerprint density at radius 1 is 1.15 bits per heavy atom. The molecule has 132 valence electrons. The molecule has 0 spiro atoms. The van der Waals surface area contributed by atoms with Crippen molar-refractivity contribution < 1.29 is 13.9 Å². The van der Waals surface area contributed by atoms with Gasteiger partial charge in [0, 0.05) is 18.1 Å². The topological polar surface area (TPSA) is 76.1 Å². The number of halogens is 2. The molecular formula is C18H14ClFN4O2. The van der Waals surface area contributed by atoms with Crippen molar-refractivity contribution >= 4 is 34.8 Å². The second-order valence-electron chi connectivity index (χ2n) is 5.20. The number of aromatic nitrogens is 2. The second kappa shape index (κ2) is 7.79. The molecule has 1 amide bonds. The van der Waals surface area contributed by atoms with E-state index in [4.69, 9.17) is 16.3 Å². The third-order valence-electron chi connectivity index (χ3n) is 3.44. The number of anilines is 3. The Balaban J connectivity index is 1.70. The lowest BCUT2D eigenvalue weighted by atomic mass is 10.2. The predicted molar refractivity (Wildman–Crippen MR) is 97.7 cm³/mol. The van der Waals surface area contributed by atoms with Crippen molar-refractivity contribution in [2.45, 2.75) is 0 Å². The summed E-state index contributed by atoms with van der Waals surface area (Å²) in [5, 5.41) is 5.61. The zero-order valence-corrected chi connectivity index (χ0v) is 14.4. The van der Waals surface area contributed by atoms with Crippen LogP contribution in [0.1, 0.15) is 10.4 Å². The van der Waals surface area contributed by atoms with Gasteiger partial charge >= 0.3 is 0 Å². The third-order valence-corrected chi connectivity index (χ3v) is 3.73. The van der Waals surface area contributed by atoms with Gasteiger partial charge in [0.1, 0.15) is 11.6 Å². The summed E-state index contributed by atoms with van der Waals surface area (Å²) in [6.45, 7) is 0. The predicted octanol–water partition coefficient (Wildman–Crippen LogP) is 4.27. The van der Waals surface area contributed by atoms with Crippen LogP contribution in [0.5, 0.6) is 5.75 Å². The first-order valence-corrected chi connectivity index (χ1v) is 7.93. The van der Waals surface area contributed by atoms with Gasteiger partial charge in [0.2, 0.25) is 5.95 Å². The average Bonchev–Trinajstić information content (AvgIpc) is 2.66. The highest BCUT2D eigenvalue weighted by atomic mass is 35.5. The highest BCUT2D eigenvalue weighted by Crippen LogP contribution is 2.24. The molecule has 0 atom stereocenters. The SMILES string of the molecule is COc1ccccc1NC(=O)c1cnc(Nc2ccc(F)c(Cl)c2)nc1. The Kier molecular flexibility index (Phi) is 5.28. The van der Waals surface area contributed by atoms with Crippen LogP contribution in [-0.2, 0) is 0 Å². The summed E-state index contributed by atoms with van der Waals surface area (Å²) in [6, 6.07) is 11.2. The van der Waals surface area contributed by atoms with E-state index < -0.39 is 5.82 Å². The number of nitrogens with zero attached hydrogens (tertiary/aromatic N) is 2. The molecule has 0 fully saturated rings. The van der Waals surface area contributed by atoms with Gasteiger partial charge in [0.05, 0.1) is 23.4 Å². The van der Waals surface area contributed by atoms with Crippen molar-refractivity contribution in [1.29, 1.82) is 0 Å². The molecule has 26 heavy (non-hydrogen) atoms. The van der Waals surface area contributed by atoms with Crippen molar-refractivity contribution in [3.05, 3.63) is 71.3 Å². The molecule has 1 aromatic heterocycles. The van der Waals surface area contributed by atoms with Gasteiger partial charge in [-0.3, -0.25) is 4.79 Å². The minimum atomic E-state index is -0.513. The first kappa shape index (κ1) is 17.6. The Labute approximate surface area is 154 Å². The number of hydrogen-bond acceptors (Lipinski definition) is 5. The Morgan fingerprint density at radius 2 is 1.88 bits per heavy atom. The molecule has 0 saturated heterocycles. The van der Waals surface area contributed by atoms with Crippen molar-refractivity contribution in [1.82, 2.24) is 9.97 Å². The smallest absolute Gasteiger partial charge is 0.258 e. The minimum Gasteiger partial charge on any atom is -0.495 e.